The lowest BCUT2D eigenvalue weighted by molar-refractivity contribution is 0.260. The van der Waals surface area contributed by atoms with Crippen LogP contribution >= 0.6 is 11.8 Å². The van der Waals surface area contributed by atoms with Crippen LogP contribution in [-0.4, -0.2) is 27.6 Å². The summed E-state index contributed by atoms with van der Waals surface area (Å²) in [6, 6.07) is 0. The Balaban J connectivity index is 2.15. The number of amides is 1. The number of rotatable bonds is 3. The molecule has 0 spiro atoms. The Morgan fingerprint density at radius 2 is 2.58 bits per heavy atom. The van der Waals surface area contributed by atoms with E-state index >= 15 is 0 Å². The van der Waals surface area contributed by atoms with Crippen LogP contribution in [0.2, 0.25) is 0 Å². The maximum absolute atomic E-state index is 10.8. The number of imidazole rings is 1. The van der Waals surface area contributed by atoms with Crippen LogP contribution < -0.4 is 5.32 Å². The number of hydrogen-bond acceptors (Lipinski definition) is 3. The van der Waals surface area contributed by atoms with Crippen molar-refractivity contribution in [2.24, 2.45) is 0 Å². The summed E-state index contributed by atoms with van der Waals surface area (Å²) in [6.45, 7) is 1.42. The summed E-state index contributed by atoms with van der Waals surface area (Å²) in [5, 5.41) is 2.76. The molecule has 0 aliphatic heterocycles. The van der Waals surface area contributed by atoms with Gasteiger partial charge in [-0.25, -0.2) is 4.98 Å². The molecule has 0 fully saturated rings. The Kier molecular flexibility index (Phi) is 3.66. The number of hydrogen-bond donors (Lipinski definition) is 1. The lowest BCUT2D eigenvalue weighted by Crippen LogP contribution is -2.22. The Morgan fingerprint density at radius 1 is 1.75 bits per heavy atom. The van der Waals surface area contributed by atoms with E-state index in [1.807, 2.05) is 10.8 Å². The van der Waals surface area contributed by atoms with Crippen LogP contribution in [0.1, 0.15) is 0 Å². The fourth-order valence-electron chi connectivity index (χ4n) is 0.778. The molecule has 12 heavy (non-hydrogen) atoms. The van der Waals surface area contributed by atoms with Crippen LogP contribution in [0.4, 0.5) is 4.79 Å². The van der Waals surface area contributed by atoms with Crippen molar-refractivity contribution < 1.29 is 4.79 Å². The quantitative estimate of drug-likeness (QED) is 0.762. The average molecular weight is 185 g/mol. The summed E-state index contributed by atoms with van der Waals surface area (Å²) in [5.74, 6) is 0. The van der Waals surface area contributed by atoms with Crippen LogP contribution in [0.3, 0.4) is 0 Å². The highest BCUT2D eigenvalue weighted by molar-refractivity contribution is 8.12. The molecule has 0 aromatic carbocycles. The second-order valence-corrected chi connectivity index (χ2v) is 3.00. The van der Waals surface area contributed by atoms with Crippen LogP contribution in [0.25, 0.3) is 0 Å². The van der Waals surface area contributed by atoms with Crippen molar-refractivity contribution in [3.05, 3.63) is 18.7 Å². The van der Waals surface area contributed by atoms with E-state index in [-0.39, 0.29) is 5.24 Å². The normalized spacial score (nSPS) is 9.75. The highest BCUT2D eigenvalue weighted by atomic mass is 32.2. The molecule has 0 aliphatic carbocycles. The molecule has 0 bridgehead atoms. The summed E-state index contributed by atoms with van der Waals surface area (Å²) in [7, 11) is 0. The SMILES string of the molecule is CSC(=O)NCCn1ccnc1. The Bertz CT molecular complexity index is 235. The van der Waals surface area contributed by atoms with E-state index < -0.39 is 0 Å². The van der Waals surface area contributed by atoms with Gasteiger partial charge < -0.3 is 9.88 Å². The van der Waals surface area contributed by atoms with E-state index in [0.717, 1.165) is 6.54 Å². The van der Waals surface area contributed by atoms with Gasteiger partial charge in [-0.05, 0) is 6.26 Å². The Morgan fingerprint density at radius 3 is 3.17 bits per heavy atom. The number of aromatic nitrogens is 2. The summed E-state index contributed by atoms with van der Waals surface area (Å²) < 4.78 is 1.92. The summed E-state index contributed by atoms with van der Waals surface area (Å²) in [5.41, 5.74) is 0. The van der Waals surface area contributed by atoms with E-state index in [1.54, 1.807) is 18.8 Å². The molecule has 1 aromatic heterocycles. The van der Waals surface area contributed by atoms with Crippen molar-refractivity contribution in [2.75, 3.05) is 12.8 Å². The van der Waals surface area contributed by atoms with Crippen LogP contribution in [0.15, 0.2) is 18.7 Å². The van der Waals surface area contributed by atoms with Gasteiger partial charge in [-0.3, -0.25) is 4.79 Å². The van der Waals surface area contributed by atoms with Gasteiger partial charge in [0.15, 0.2) is 0 Å². The molecule has 1 aromatic rings. The number of nitrogens with zero attached hydrogens (tertiary/aromatic N) is 2. The number of carbonyl (C=O) groups is 1. The van der Waals surface area contributed by atoms with Crippen molar-refractivity contribution in [3.8, 4) is 0 Å². The molecule has 0 aliphatic rings. The van der Waals surface area contributed by atoms with E-state index in [2.05, 4.69) is 10.3 Å². The highest BCUT2D eigenvalue weighted by Gasteiger charge is 1.95. The van der Waals surface area contributed by atoms with Crippen LogP contribution in [0.5, 0.6) is 0 Å². The second-order valence-electron chi connectivity index (χ2n) is 2.22. The first-order valence-corrected chi connectivity index (χ1v) is 4.83. The van der Waals surface area contributed by atoms with Crippen molar-refractivity contribution in [2.45, 2.75) is 6.54 Å². The largest absolute Gasteiger partial charge is 0.345 e. The molecule has 1 amide bonds. The zero-order chi connectivity index (χ0) is 8.81. The van der Waals surface area contributed by atoms with Gasteiger partial charge in [0.2, 0.25) is 0 Å². The highest BCUT2D eigenvalue weighted by Crippen LogP contribution is 1.92. The molecule has 5 heteroatoms. The molecular formula is C7H11N3OS. The number of thioether (sulfide) groups is 1. The fraction of sp³-hybridized carbons (Fsp3) is 0.429. The van der Waals surface area contributed by atoms with Crippen LogP contribution in [-0.2, 0) is 6.54 Å². The zero-order valence-electron chi connectivity index (χ0n) is 6.86. The molecule has 0 atom stereocenters. The van der Waals surface area contributed by atoms with E-state index in [1.165, 1.54) is 11.8 Å². The van der Waals surface area contributed by atoms with Crippen molar-refractivity contribution in [1.29, 1.82) is 0 Å². The van der Waals surface area contributed by atoms with Gasteiger partial charge in [-0.1, -0.05) is 11.8 Å². The monoisotopic (exact) mass is 185 g/mol. The predicted octanol–water partition coefficient (Wildman–Crippen LogP) is 0.956. The molecule has 0 saturated heterocycles. The lowest BCUT2D eigenvalue weighted by atomic mass is 10.6. The van der Waals surface area contributed by atoms with Gasteiger partial charge in [-0.2, -0.15) is 0 Å². The predicted molar refractivity (Wildman–Crippen MR) is 49.1 cm³/mol. The van der Waals surface area contributed by atoms with Gasteiger partial charge in [0.1, 0.15) is 0 Å². The molecule has 1 heterocycles. The molecule has 1 rings (SSSR count). The van der Waals surface area contributed by atoms with E-state index in [0.29, 0.717) is 6.54 Å². The van der Waals surface area contributed by atoms with Gasteiger partial charge in [0.25, 0.3) is 5.24 Å². The van der Waals surface area contributed by atoms with Crippen LogP contribution in [0, 0.1) is 0 Å². The fourth-order valence-corrected chi connectivity index (χ4v) is 1.02. The lowest BCUT2D eigenvalue weighted by Gasteiger charge is -2.02. The summed E-state index contributed by atoms with van der Waals surface area (Å²) in [4.78, 5) is 14.7. The first-order chi connectivity index (χ1) is 5.83. The molecule has 66 valence electrons. The average Bonchev–Trinajstić information content (AvgIpc) is 2.57. The maximum Gasteiger partial charge on any atom is 0.278 e. The summed E-state index contributed by atoms with van der Waals surface area (Å²) >= 11 is 1.19. The third-order valence-corrected chi connectivity index (χ3v) is 1.90. The third kappa shape index (κ3) is 2.96. The van der Waals surface area contributed by atoms with Gasteiger partial charge in [0.05, 0.1) is 6.33 Å². The Labute approximate surface area is 75.4 Å². The minimum Gasteiger partial charge on any atom is -0.345 e. The van der Waals surface area contributed by atoms with Crippen molar-refractivity contribution in [3.63, 3.8) is 0 Å². The molecule has 1 N–H and O–H groups in total. The number of nitrogens with one attached hydrogen (secondary N) is 1. The molecule has 0 radical (unpaired) electrons. The third-order valence-electron chi connectivity index (χ3n) is 1.38. The Hall–Kier alpha value is -0.970. The van der Waals surface area contributed by atoms with Gasteiger partial charge in [-0.15, -0.1) is 0 Å². The molecular weight excluding hydrogens is 174 g/mol. The standard InChI is InChI=1S/C7H11N3OS/c1-12-7(11)9-3-5-10-4-2-8-6-10/h2,4,6H,3,5H2,1H3,(H,9,11). The van der Waals surface area contributed by atoms with Gasteiger partial charge >= 0.3 is 0 Å². The van der Waals surface area contributed by atoms with E-state index in [4.69, 9.17) is 0 Å². The molecule has 0 saturated carbocycles. The molecule has 0 unspecified atom stereocenters. The zero-order valence-corrected chi connectivity index (χ0v) is 7.67. The van der Waals surface area contributed by atoms with Gasteiger partial charge in [0, 0.05) is 25.5 Å². The smallest absolute Gasteiger partial charge is 0.278 e. The van der Waals surface area contributed by atoms with Crippen molar-refractivity contribution >= 4 is 17.0 Å². The van der Waals surface area contributed by atoms with Crippen molar-refractivity contribution in [1.82, 2.24) is 14.9 Å². The minimum absolute atomic E-state index is 0.00937. The topological polar surface area (TPSA) is 46.9 Å². The minimum atomic E-state index is 0.00937. The first kappa shape index (κ1) is 9.12. The maximum atomic E-state index is 10.8. The van der Waals surface area contributed by atoms with E-state index in [9.17, 15) is 4.79 Å². The molecule has 4 nitrogen and oxygen atoms in total. The summed E-state index contributed by atoms with van der Waals surface area (Å²) in [6.07, 6.45) is 7.07. The number of carbonyl (C=O) groups excluding carboxylic acids is 1. The first-order valence-electron chi connectivity index (χ1n) is 3.60. The second kappa shape index (κ2) is 4.82.